The third-order valence-corrected chi connectivity index (χ3v) is 4.20. The topological polar surface area (TPSA) is 64.1 Å². The summed E-state index contributed by atoms with van der Waals surface area (Å²) in [5.74, 6) is 1.48. The van der Waals surface area contributed by atoms with Crippen molar-refractivity contribution in [2.45, 2.75) is 19.5 Å². The van der Waals surface area contributed by atoms with Gasteiger partial charge in [0.25, 0.3) is 5.89 Å². The summed E-state index contributed by atoms with van der Waals surface area (Å²) in [6, 6.07) is 22.5. The molecule has 1 atom stereocenters. The lowest BCUT2D eigenvalue weighted by Gasteiger charge is -2.19. The first kappa shape index (κ1) is 16.3. The summed E-state index contributed by atoms with van der Waals surface area (Å²) in [5, 5.41) is 11.7. The molecule has 4 rings (SSSR count). The van der Waals surface area contributed by atoms with Crippen molar-refractivity contribution < 1.29 is 8.83 Å². The summed E-state index contributed by atoms with van der Waals surface area (Å²) in [6.45, 7) is 2.55. The maximum atomic E-state index is 5.69. The van der Waals surface area contributed by atoms with Gasteiger partial charge in [-0.2, -0.15) is 0 Å². The molecular formula is C21H19N3O2. The van der Waals surface area contributed by atoms with Gasteiger partial charge in [-0.3, -0.25) is 5.32 Å². The molecule has 2 heterocycles. The highest BCUT2D eigenvalue weighted by molar-refractivity contribution is 5.42. The molecule has 5 nitrogen and oxygen atoms in total. The van der Waals surface area contributed by atoms with Crippen LogP contribution in [0.4, 0.5) is 0 Å². The van der Waals surface area contributed by atoms with Crippen LogP contribution < -0.4 is 5.32 Å². The molecule has 0 aliphatic heterocycles. The van der Waals surface area contributed by atoms with Crippen molar-refractivity contribution in [2.24, 2.45) is 0 Å². The predicted octanol–water partition coefficient (Wildman–Crippen LogP) is 4.52. The van der Waals surface area contributed by atoms with Crippen LogP contribution in [0.15, 0.2) is 81.8 Å². The van der Waals surface area contributed by atoms with Crippen molar-refractivity contribution in [3.05, 3.63) is 95.6 Å². The van der Waals surface area contributed by atoms with Crippen LogP contribution in [0.2, 0.25) is 0 Å². The molecule has 0 saturated carbocycles. The number of aromatic nitrogens is 2. The van der Waals surface area contributed by atoms with Gasteiger partial charge in [0.15, 0.2) is 5.76 Å². The molecule has 0 spiro atoms. The number of rotatable bonds is 6. The maximum absolute atomic E-state index is 5.69. The standard InChI is InChI=1S/C21H19N3O2/c1-15-9-11-17(12-10-15)20(16-6-3-2-4-7-16)22-14-19-23-24-21(26-19)18-8-5-13-25-18/h2-13,20,22H,14H2,1H3/t20-/m1/s1. The van der Waals surface area contributed by atoms with Crippen LogP contribution in [0.5, 0.6) is 0 Å². The molecule has 5 heteroatoms. The molecule has 0 aliphatic rings. The van der Waals surface area contributed by atoms with Gasteiger partial charge in [0.1, 0.15) is 0 Å². The zero-order chi connectivity index (χ0) is 17.8. The van der Waals surface area contributed by atoms with Gasteiger partial charge in [-0.15, -0.1) is 10.2 Å². The van der Waals surface area contributed by atoms with Gasteiger partial charge >= 0.3 is 0 Å². The van der Waals surface area contributed by atoms with Crippen LogP contribution in [0.1, 0.15) is 28.6 Å². The first-order chi connectivity index (χ1) is 12.8. The second-order valence-corrected chi connectivity index (χ2v) is 6.11. The predicted molar refractivity (Wildman–Crippen MR) is 98.3 cm³/mol. The molecular weight excluding hydrogens is 326 g/mol. The van der Waals surface area contributed by atoms with E-state index in [4.69, 9.17) is 8.83 Å². The van der Waals surface area contributed by atoms with E-state index >= 15 is 0 Å². The Kier molecular flexibility index (Phi) is 4.62. The Balaban J connectivity index is 1.54. The smallest absolute Gasteiger partial charge is 0.283 e. The van der Waals surface area contributed by atoms with Gasteiger partial charge < -0.3 is 8.83 Å². The van der Waals surface area contributed by atoms with E-state index in [1.54, 1.807) is 18.4 Å². The lowest BCUT2D eigenvalue weighted by atomic mass is 9.98. The second kappa shape index (κ2) is 7.37. The fourth-order valence-electron chi connectivity index (χ4n) is 2.85. The Morgan fingerprint density at radius 1 is 0.885 bits per heavy atom. The van der Waals surface area contributed by atoms with E-state index in [1.165, 1.54) is 16.7 Å². The van der Waals surface area contributed by atoms with Gasteiger partial charge in [-0.25, -0.2) is 0 Å². The highest BCUT2D eigenvalue weighted by Gasteiger charge is 2.16. The molecule has 1 N–H and O–H groups in total. The number of nitrogens with zero attached hydrogens (tertiary/aromatic N) is 2. The molecule has 0 radical (unpaired) electrons. The van der Waals surface area contributed by atoms with Crippen molar-refractivity contribution in [1.29, 1.82) is 0 Å². The van der Waals surface area contributed by atoms with E-state index in [-0.39, 0.29) is 6.04 Å². The molecule has 0 saturated heterocycles. The normalized spacial score (nSPS) is 12.2. The van der Waals surface area contributed by atoms with Crippen LogP contribution >= 0.6 is 0 Å². The van der Waals surface area contributed by atoms with Gasteiger partial charge in [-0.05, 0) is 30.2 Å². The number of hydrogen-bond acceptors (Lipinski definition) is 5. The summed E-state index contributed by atoms with van der Waals surface area (Å²) in [7, 11) is 0. The van der Waals surface area contributed by atoms with Gasteiger partial charge in [0, 0.05) is 0 Å². The Labute approximate surface area is 151 Å². The molecule has 0 amide bonds. The van der Waals surface area contributed by atoms with E-state index in [0.717, 1.165) is 0 Å². The van der Waals surface area contributed by atoms with E-state index in [2.05, 4.69) is 58.8 Å². The molecule has 26 heavy (non-hydrogen) atoms. The van der Waals surface area contributed by atoms with E-state index in [1.807, 2.05) is 18.2 Å². The second-order valence-electron chi connectivity index (χ2n) is 6.11. The summed E-state index contributed by atoms with van der Waals surface area (Å²) in [5.41, 5.74) is 3.61. The minimum atomic E-state index is 0.0377. The quantitative estimate of drug-likeness (QED) is 0.557. The molecule has 0 aliphatic carbocycles. The Hall–Kier alpha value is -3.18. The number of hydrogen-bond donors (Lipinski definition) is 1. The van der Waals surface area contributed by atoms with Crippen molar-refractivity contribution >= 4 is 0 Å². The summed E-state index contributed by atoms with van der Waals surface area (Å²) in [6.07, 6.45) is 1.58. The third-order valence-electron chi connectivity index (χ3n) is 4.20. The maximum Gasteiger partial charge on any atom is 0.283 e. The Morgan fingerprint density at radius 2 is 1.65 bits per heavy atom. The average Bonchev–Trinajstić information content (AvgIpc) is 3.36. The largest absolute Gasteiger partial charge is 0.459 e. The van der Waals surface area contributed by atoms with E-state index in [9.17, 15) is 0 Å². The molecule has 0 bridgehead atoms. The zero-order valence-electron chi connectivity index (χ0n) is 14.4. The fraction of sp³-hybridized carbons (Fsp3) is 0.143. The molecule has 2 aromatic heterocycles. The molecule has 2 aromatic carbocycles. The Morgan fingerprint density at radius 3 is 2.38 bits per heavy atom. The van der Waals surface area contributed by atoms with Crippen molar-refractivity contribution in [3.63, 3.8) is 0 Å². The summed E-state index contributed by atoms with van der Waals surface area (Å²) in [4.78, 5) is 0. The van der Waals surface area contributed by atoms with Crippen LogP contribution in [0.3, 0.4) is 0 Å². The Bertz CT molecular complexity index is 945. The van der Waals surface area contributed by atoms with Gasteiger partial charge in [0.2, 0.25) is 5.89 Å². The van der Waals surface area contributed by atoms with Crippen LogP contribution in [-0.4, -0.2) is 10.2 Å². The van der Waals surface area contributed by atoms with Crippen LogP contribution in [0, 0.1) is 6.92 Å². The lowest BCUT2D eigenvalue weighted by molar-refractivity contribution is 0.449. The molecule has 130 valence electrons. The van der Waals surface area contributed by atoms with Crippen LogP contribution in [-0.2, 0) is 6.54 Å². The van der Waals surface area contributed by atoms with Crippen LogP contribution in [0.25, 0.3) is 11.7 Å². The fourth-order valence-corrected chi connectivity index (χ4v) is 2.85. The van der Waals surface area contributed by atoms with Crippen molar-refractivity contribution in [1.82, 2.24) is 15.5 Å². The minimum absolute atomic E-state index is 0.0377. The molecule has 0 fully saturated rings. The monoisotopic (exact) mass is 345 g/mol. The minimum Gasteiger partial charge on any atom is -0.459 e. The highest BCUT2D eigenvalue weighted by Crippen LogP contribution is 2.23. The number of nitrogens with one attached hydrogen (secondary N) is 1. The SMILES string of the molecule is Cc1ccc([C@H](NCc2nnc(-c3ccco3)o2)c2ccccc2)cc1. The van der Waals surface area contributed by atoms with Gasteiger partial charge in [-0.1, -0.05) is 60.2 Å². The molecule has 0 unspecified atom stereocenters. The highest BCUT2D eigenvalue weighted by atomic mass is 16.4. The molecule has 4 aromatic rings. The van der Waals surface area contributed by atoms with Gasteiger partial charge in [0.05, 0.1) is 18.8 Å². The summed E-state index contributed by atoms with van der Waals surface area (Å²) < 4.78 is 11.0. The third kappa shape index (κ3) is 3.58. The first-order valence-corrected chi connectivity index (χ1v) is 8.51. The lowest BCUT2D eigenvalue weighted by Crippen LogP contribution is -2.22. The average molecular weight is 345 g/mol. The summed E-state index contributed by atoms with van der Waals surface area (Å²) >= 11 is 0. The van der Waals surface area contributed by atoms with Crippen molar-refractivity contribution in [2.75, 3.05) is 0 Å². The number of aryl methyl sites for hydroxylation is 1. The number of benzene rings is 2. The van der Waals surface area contributed by atoms with E-state index in [0.29, 0.717) is 24.1 Å². The zero-order valence-corrected chi connectivity index (χ0v) is 14.4. The van der Waals surface area contributed by atoms with Crippen molar-refractivity contribution in [3.8, 4) is 11.7 Å². The first-order valence-electron chi connectivity index (χ1n) is 8.51. The van der Waals surface area contributed by atoms with E-state index < -0.39 is 0 Å². The number of furan rings is 1.